The van der Waals surface area contributed by atoms with Crippen molar-refractivity contribution in [3.63, 3.8) is 0 Å². The first kappa shape index (κ1) is 12.1. The largest absolute Gasteiger partial charge is 0.288 e. The zero-order valence-corrected chi connectivity index (χ0v) is 11.8. The van der Waals surface area contributed by atoms with Crippen molar-refractivity contribution in [2.24, 2.45) is 0 Å². The number of halogens is 1. The van der Waals surface area contributed by atoms with E-state index in [0.717, 1.165) is 34.5 Å². The second-order valence-corrected chi connectivity index (χ2v) is 6.03. The molecular formula is C12H15ClN4S. The summed E-state index contributed by atoms with van der Waals surface area (Å²) in [7, 11) is 0. The van der Waals surface area contributed by atoms with Crippen molar-refractivity contribution in [2.75, 3.05) is 0 Å². The van der Waals surface area contributed by atoms with E-state index in [2.05, 4.69) is 20.1 Å². The molecule has 1 saturated carbocycles. The van der Waals surface area contributed by atoms with Crippen LogP contribution >= 0.6 is 22.9 Å². The van der Waals surface area contributed by atoms with Gasteiger partial charge in [-0.05, 0) is 19.8 Å². The van der Waals surface area contributed by atoms with E-state index in [4.69, 9.17) is 11.6 Å². The van der Waals surface area contributed by atoms with Gasteiger partial charge in [-0.15, -0.1) is 11.3 Å². The molecule has 2 heterocycles. The minimum atomic E-state index is 0.668. The molecular weight excluding hydrogens is 268 g/mol. The summed E-state index contributed by atoms with van der Waals surface area (Å²) in [5, 5.41) is 11.2. The van der Waals surface area contributed by atoms with Gasteiger partial charge in [-0.2, -0.15) is 5.10 Å². The summed E-state index contributed by atoms with van der Waals surface area (Å²) < 4.78 is 0. The number of rotatable bonds is 5. The molecule has 1 N–H and O–H groups in total. The molecule has 4 nitrogen and oxygen atoms in total. The first-order chi connectivity index (χ1) is 8.74. The van der Waals surface area contributed by atoms with Gasteiger partial charge in [-0.25, -0.2) is 4.98 Å². The van der Waals surface area contributed by atoms with Crippen LogP contribution in [-0.4, -0.2) is 26.1 Å². The van der Waals surface area contributed by atoms with Gasteiger partial charge in [0.15, 0.2) is 0 Å². The monoisotopic (exact) mass is 282 g/mol. The predicted octanol–water partition coefficient (Wildman–Crippen LogP) is 2.99. The maximum atomic E-state index is 6.23. The van der Waals surface area contributed by atoms with Gasteiger partial charge in [0.25, 0.3) is 0 Å². The molecule has 0 saturated heterocycles. The Morgan fingerprint density at radius 1 is 1.50 bits per heavy atom. The van der Waals surface area contributed by atoms with Crippen LogP contribution in [-0.2, 0) is 13.1 Å². The highest BCUT2D eigenvalue weighted by molar-refractivity contribution is 7.09. The minimum Gasteiger partial charge on any atom is -0.288 e. The maximum Gasteiger partial charge on any atom is 0.107 e. The van der Waals surface area contributed by atoms with Gasteiger partial charge in [0.1, 0.15) is 5.01 Å². The van der Waals surface area contributed by atoms with Gasteiger partial charge in [0, 0.05) is 24.2 Å². The Balaban J connectivity index is 1.72. The summed E-state index contributed by atoms with van der Waals surface area (Å²) in [6, 6.07) is 0.668. The van der Waals surface area contributed by atoms with Gasteiger partial charge in [0.2, 0.25) is 0 Å². The Bertz CT molecular complexity index is 518. The van der Waals surface area contributed by atoms with E-state index >= 15 is 0 Å². The standard InChI is InChI=1S/C12H15ClN4S/c1-8-12(13)10(16-15-8)6-17(9-2-3-9)7-11-14-4-5-18-11/h4-5,9H,2-3,6-7H2,1H3,(H,15,16). The third-order valence-corrected chi connectivity index (χ3v) is 4.45. The van der Waals surface area contributed by atoms with Crippen molar-refractivity contribution in [1.29, 1.82) is 0 Å². The smallest absolute Gasteiger partial charge is 0.107 e. The van der Waals surface area contributed by atoms with Crippen molar-refractivity contribution >= 4 is 22.9 Å². The van der Waals surface area contributed by atoms with Crippen molar-refractivity contribution in [2.45, 2.75) is 38.9 Å². The highest BCUT2D eigenvalue weighted by atomic mass is 35.5. The zero-order valence-electron chi connectivity index (χ0n) is 10.2. The fraction of sp³-hybridized carbons (Fsp3) is 0.500. The molecule has 18 heavy (non-hydrogen) atoms. The Morgan fingerprint density at radius 2 is 2.33 bits per heavy atom. The molecule has 0 amide bonds. The average molecular weight is 283 g/mol. The molecule has 6 heteroatoms. The third-order valence-electron chi connectivity index (χ3n) is 3.18. The molecule has 0 radical (unpaired) electrons. The summed E-state index contributed by atoms with van der Waals surface area (Å²) in [5.74, 6) is 0. The number of nitrogens with one attached hydrogen (secondary N) is 1. The molecule has 2 aromatic rings. The number of aryl methyl sites for hydroxylation is 1. The van der Waals surface area contributed by atoms with Crippen LogP contribution in [0.5, 0.6) is 0 Å². The fourth-order valence-electron chi connectivity index (χ4n) is 2.02. The summed E-state index contributed by atoms with van der Waals surface area (Å²) in [6.07, 6.45) is 4.40. The number of hydrogen-bond acceptors (Lipinski definition) is 4. The number of H-pyrrole nitrogens is 1. The van der Waals surface area contributed by atoms with Crippen molar-refractivity contribution in [3.8, 4) is 0 Å². The Kier molecular flexibility index (Phi) is 3.37. The lowest BCUT2D eigenvalue weighted by atomic mass is 10.3. The molecule has 0 atom stereocenters. The zero-order chi connectivity index (χ0) is 12.5. The summed E-state index contributed by atoms with van der Waals surface area (Å²) >= 11 is 7.93. The van der Waals surface area contributed by atoms with Gasteiger partial charge in [-0.3, -0.25) is 10.00 Å². The lowest BCUT2D eigenvalue weighted by molar-refractivity contribution is 0.242. The Hall–Kier alpha value is -0.910. The van der Waals surface area contributed by atoms with Crippen LogP contribution < -0.4 is 0 Å². The normalized spacial score (nSPS) is 15.5. The Morgan fingerprint density at radius 3 is 2.89 bits per heavy atom. The number of nitrogens with zero attached hydrogens (tertiary/aromatic N) is 3. The van der Waals surface area contributed by atoms with E-state index in [9.17, 15) is 0 Å². The molecule has 3 rings (SSSR count). The molecule has 1 aliphatic carbocycles. The van der Waals surface area contributed by atoms with E-state index in [-0.39, 0.29) is 0 Å². The summed E-state index contributed by atoms with van der Waals surface area (Å²) in [4.78, 5) is 6.77. The van der Waals surface area contributed by atoms with E-state index in [1.807, 2.05) is 18.5 Å². The SMILES string of the molecule is Cc1[nH]nc(CN(Cc2nccs2)C2CC2)c1Cl. The molecule has 2 aromatic heterocycles. The quantitative estimate of drug-likeness (QED) is 0.917. The Labute approximate surface area is 115 Å². The first-order valence-electron chi connectivity index (χ1n) is 6.06. The lowest BCUT2D eigenvalue weighted by Crippen LogP contribution is -2.25. The minimum absolute atomic E-state index is 0.668. The molecule has 96 valence electrons. The van der Waals surface area contributed by atoms with E-state index < -0.39 is 0 Å². The molecule has 0 spiro atoms. The van der Waals surface area contributed by atoms with Crippen LogP contribution in [0, 0.1) is 6.92 Å². The second-order valence-electron chi connectivity index (χ2n) is 4.67. The number of hydrogen-bond donors (Lipinski definition) is 1. The lowest BCUT2D eigenvalue weighted by Gasteiger charge is -2.19. The van der Waals surface area contributed by atoms with Gasteiger partial charge >= 0.3 is 0 Å². The molecule has 0 aromatic carbocycles. The second kappa shape index (κ2) is 4.99. The van der Waals surface area contributed by atoms with Crippen LogP contribution in [0.15, 0.2) is 11.6 Å². The molecule has 0 bridgehead atoms. The van der Waals surface area contributed by atoms with Crippen LogP contribution in [0.1, 0.15) is 29.2 Å². The van der Waals surface area contributed by atoms with Crippen LogP contribution in [0.4, 0.5) is 0 Å². The predicted molar refractivity (Wildman–Crippen MR) is 72.7 cm³/mol. The van der Waals surface area contributed by atoms with Crippen molar-refractivity contribution < 1.29 is 0 Å². The molecule has 0 aliphatic heterocycles. The van der Waals surface area contributed by atoms with Gasteiger partial charge in [-0.1, -0.05) is 11.6 Å². The summed E-state index contributed by atoms with van der Waals surface area (Å²) in [5.41, 5.74) is 1.88. The van der Waals surface area contributed by atoms with Crippen molar-refractivity contribution in [3.05, 3.63) is 33.0 Å². The molecule has 1 fully saturated rings. The maximum absolute atomic E-state index is 6.23. The number of thiazole rings is 1. The van der Waals surface area contributed by atoms with Crippen LogP contribution in [0.25, 0.3) is 0 Å². The first-order valence-corrected chi connectivity index (χ1v) is 7.31. The van der Waals surface area contributed by atoms with Gasteiger partial charge in [0.05, 0.1) is 23.0 Å². The third kappa shape index (κ3) is 2.58. The average Bonchev–Trinajstić information content (AvgIpc) is 3.01. The van der Waals surface area contributed by atoms with Crippen LogP contribution in [0.2, 0.25) is 5.02 Å². The van der Waals surface area contributed by atoms with E-state index in [0.29, 0.717) is 6.04 Å². The van der Waals surface area contributed by atoms with E-state index in [1.165, 1.54) is 12.8 Å². The van der Waals surface area contributed by atoms with Gasteiger partial charge < -0.3 is 0 Å². The molecule has 1 aliphatic rings. The topological polar surface area (TPSA) is 44.8 Å². The highest BCUT2D eigenvalue weighted by Crippen LogP contribution is 2.31. The molecule has 0 unspecified atom stereocenters. The number of aromatic amines is 1. The van der Waals surface area contributed by atoms with Crippen LogP contribution in [0.3, 0.4) is 0 Å². The summed E-state index contributed by atoms with van der Waals surface area (Å²) in [6.45, 7) is 3.64. The van der Waals surface area contributed by atoms with Crippen molar-refractivity contribution in [1.82, 2.24) is 20.1 Å². The number of aromatic nitrogens is 3. The highest BCUT2D eigenvalue weighted by Gasteiger charge is 2.30. The van der Waals surface area contributed by atoms with E-state index in [1.54, 1.807) is 11.3 Å². The fourth-order valence-corrected chi connectivity index (χ4v) is 2.81.